The summed E-state index contributed by atoms with van der Waals surface area (Å²) in [6, 6.07) is 4.77. The van der Waals surface area contributed by atoms with Gasteiger partial charge in [0.1, 0.15) is 5.82 Å². The number of carbonyl (C=O) groups excluding carboxylic acids is 1. The third kappa shape index (κ3) is 4.63. The van der Waals surface area contributed by atoms with Gasteiger partial charge in [0.2, 0.25) is 17.6 Å². The van der Waals surface area contributed by atoms with Gasteiger partial charge < -0.3 is 15.6 Å². The van der Waals surface area contributed by atoms with Crippen LogP contribution in [0.1, 0.15) is 44.6 Å². The molecule has 1 heterocycles. The zero-order valence-electron chi connectivity index (χ0n) is 14.9. The quantitative estimate of drug-likeness (QED) is 0.765. The lowest BCUT2D eigenvalue weighted by atomic mass is 9.92. The Morgan fingerprint density at radius 3 is 2.68 bits per heavy atom. The minimum Gasteiger partial charge on any atom is -0.349 e. The molecule has 0 spiro atoms. The average molecular weight is 348 g/mol. The normalized spacial score (nSPS) is 11.6. The molecule has 3 N–H and O–H groups in total. The molecule has 0 aliphatic carbocycles. The summed E-state index contributed by atoms with van der Waals surface area (Å²) in [5.74, 6) is 0.237. The Kier molecular flexibility index (Phi) is 6.25. The fraction of sp³-hybridized carbons (Fsp3) is 0.500. The summed E-state index contributed by atoms with van der Waals surface area (Å²) in [6.45, 7) is 6.09. The van der Waals surface area contributed by atoms with Gasteiger partial charge in [-0.25, -0.2) is 4.39 Å². The third-order valence-corrected chi connectivity index (χ3v) is 4.61. The summed E-state index contributed by atoms with van der Waals surface area (Å²) in [7, 11) is 0. The number of hydrogen-bond donors (Lipinski definition) is 2. The second-order valence-electron chi connectivity index (χ2n) is 6.22. The summed E-state index contributed by atoms with van der Waals surface area (Å²) in [5, 5.41) is 6.85. The fourth-order valence-corrected chi connectivity index (χ4v) is 2.55. The average Bonchev–Trinajstić information content (AvgIpc) is 3.09. The first-order valence-corrected chi connectivity index (χ1v) is 8.53. The highest BCUT2D eigenvalue weighted by molar-refractivity contribution is 5.77. The van der Waals surface area contributed by atoms with E-state index in [2.05, 4.69) is 15.5 Å². The molecule has 136 valence electrons. The van der Waals surface area contributed by atoms with Gasteiger partial charge in [0.25, 0.3) is 0 Å². The van der Waals surface area contributed by atoms with Gasteiger partial charge in [0.15, 0.2) is 0 Å². The fourth-order valence-electron chi connectivity index (χ4n) is 2.55. The molecule has 0 radical (unpaired) electrons. The molecule has 0 atom stereocenters. The Bertz CT molecular complexity index is 717. The molecule has 0 saturated carbocycles. The summed E-state index contributed by atoms with van der Waals surface area (Å²) >= 11 is 0. The van der Waals surface area contributed by atoms with Crippen LogP contribution in [0.2, 0.25) is 0 Å². The van der Waals surface area contributed by atoms with Crippen LogP contribution in [0.15, 0.2) is 22.7 Å². The van der Waals surface area contributed by atoms with E-state index in [-0.39, 0.29) is 23.7 Å². The van der Waals surface area contributed by atoms with Crippen molar-refractivity contribution in [1.82, 2.24) is 15.5 Å². The van der Waals surface area contributed by atoms with Gasteiger partial charge >= 0.3 is 0 Å². The van der Waals surface area contributed by atoms with Crippen molar-refractivity contribution in [1.29, 1.82) is 0 Å². The van der Waals surface area contributed by atoms with E-state index in [1.165, 1.54) is 6.07 Å². The minimum atomic E-state index is -0.365. The molecule has 1 aromatic heterocycles. The van der Waals surface area contributed by atoms with E-state index in [4.69, 9.17) is 10.3 Å². The van der Waals surface area contributed by atoms with Crippen LogP contribution in [0, 0.1) is 12.7 Å². The maximum absolute atomic E-state index is 13.6. The molecule has 6 nitrogen and oxygen atoms in total. The number of carbonyl (C=O) groups is 1. The third-order valence-electron chi connectivity index (χ3n) is 4.61. The van der Waals surface area contributed by atoms with Crippen molar-refractivity contribution in [3.05, 3.63) is 35.5 Å². The van der Waals surface area contributed by atoms with Gasteiger partial charge in [-0.1, -0.05) is 31.1 Å². The van der Waals surface area contributed by atoms with Gasteiger partial charge in [-0.3, -0.25) is 4.79 Å². The van der Waals surface area contributed by atoms with Gasteiger partial charge in [-0.15, -0.1) is 0 Å². The number of rotatable bonds is 8. The van der Waals surface area contributed by atoms with Crippen LogP contribution in [0.3, 0.4) is 0 Å². The molecule has 0 saturated heterocycles. The first-order chi connectivity index (χ1) is 11.9. The lowest BCUT2D eigenvalue weighted by molar-refractivity contribution is -0.123. The van der Waals surface area contributed by atoms with Crippen LogP contribution in [0.4, 0.5) is 4.39 Å². The smallest absolute Gasteiger partial charge is 0.227 e. The molecule has 0 bridgehead atoms. The number of nitrogens with zero attached hydrogens (tertiary/aromatic N) is 2. The predicted octanol–water partition coefficient (Wildman–Crippen LogP) is 2.75. The molecule has 2 rings (SSSR count). The summed E-state index contributed by atoms with van der Waals surface area (Å²) in [5.41, 5.74) is 6.52. The molecule has 2 aromatic rings. The maximum atomic E-state index is 13.6. The molecule has 0 fully saturated rings. The van der Waals surface area contributed by atoms with Crippen molar-refractivity contribution < 1.29 is 13.7 Å². The molecule has 0 aliphatic heterocycles. The lowest BCUT2D eigenvalue weighted by Crippen LogP contribution is -2.52. The van der Waals surface area contributed by atoms with Crippen molar-refractivity contribution in [3.63, 3.8) is 0 Å². The Morgan fingerprint density at radius 2 is 2.08 bits per heavy atom. The highest BCUT2D eigenvalue weighted by atomic mass is 19.1. The molecule has 25 heavy (non-hydrogen) atoms. The SMILES string of the molecule is CCC(CC)(CN)NC(=O)CCc1nc(-c2ccc(C)c(F)c2)no1. The van der Waals surface area contributed by atoms with Gasteiger partial charge in [0.05, 0.1) is 5.54 Å². The zero-order valence-corrected chi connectivity index (χ0v) is 14.9. The maximum Gasteiger partial charge on any atom is 0.227 e. The van der Waals surface area contributed by atoms with E-state index >= 15 is 0 Å². The monoisotopic (exact) mass is 348 g/mol. The molecular formula is C18H25FN4O2. The second-order valence-corrected chi connectivity index (χ2v) is 6.22. The zero-order chi connectivity index (χ0) is 18.4. The number of nitrogens with one attached hydrogen (secondary N) is 1. The first kappa shape index (κ1) is 19.1. The van der Waals surface area contributed by atoms with Crippen LogP contribution < -0.4 is 11.1 Å². The summed E-state index contributed by atoms with van der Waals surface area (Å²) < 4.78 is 18.8. The molecule has 1 amide bonds. The van der Waals surface area contributed by atoms with Crippen LogP contribution in [-0.4, -0.2) is 28.1 Å². The Morgan fingerprint density at radius 1 is 1.36 bits per heavy atom. The van der Waals surface area contributed by atoms with Crippen LogP contribution in [0.25, 0.3) is 11.4 Å². The number of benzene rings is 1. The van der Waals surface area contributed by atoms with E-state index in [9.17, 15) is 9.18 Å². The summed E-state index contributed by atoms with van der Waals surface area (Å²) in [4.78, 5) is 16.4. The largest absolute Gasteiger partial charge is 0.349 e. The van der Waals surface area contributed by atoms with Crippen LogP contribution >= 0.6 is 0 Å². The number of hydrogen-bond acceptors (Lipinski definition) is 5. The van der Waals surface area contributed by atoms with Gasteiger partial charge in [-0.05, 0) is 31.4 Å². The molecule has 0 unspecified atom stereocenters. The van der Waals surface area contributed by atoms with E-state index < -0.39 is 0 Å². The number of amides is 1. The number of aryl methyl sites for hydroxylation is 2. The number of nitrogens with two attached hydrogens (primary N) is 1. The van der Waals surface area contributed by atoms with E-state index in [1.807, 2.05) is 13.8 Å². The predicted molar refractivity (Wildman–Crippen MR) is 93.3 cm³/mol. The molecular weight excluding hydrogens is 323 g/mol. The lowest BCUT2D eigenvalue weighted by Gasteiger charge is -2.31. The second kappa shape index (κ2) is 8.20. The molecule has 7 heteroatoms. The van der Waals surface area contributed by atoms with Crippen molar-refractivity contribution in [2.75, 3.05) is 6.54 Å². The molecule has 1 aromatic carbocycles. The Balaban J connectivity index is 1.97. The van der Waals surface area contributed by atoms with Crippen molar-refractivity contribution in [2.45, 2.75) is 52.0 Å². The Labute approximate surface area is 147 Å². The highest BCUT2D eigenvalue weighted by Gasteiger charge is 2.26. The number of aromatic nitrogens is 2. The molecule has 0 aliphatic rings. The van der Waals surface area contributed by atoms with E-state index in [0.717, 1.165) is 12.8 Å². The van der Waals surface area contributed by atoms with E-state index in [0.29, 0.717) is 35.8 Å². The van der Waals surface area contributed by atoms with Gasteiger partial charge in [0, 0.05) is 24.9 Å². The standard InChI is InChI=1S/C18H25FN4O2/c1-4-18(5-2,11-20)22-15(24)8-9-16-21-17(23-25-16)13-7-6-12(3)14(19)10-13/h6-7,10H,4-5,8-9,11,20H2,1-3H3,(H,22,24). The Hall–Kier alpha value is -2.28. The van der Waals surface area contributed by atoms with Crippen molar-refractivity contribution >= 4 is 5.91 Å². The minimum absolute atomic E-state index is 0.102. The van der Waals surface area contributed by atoms with E-state index in [1.54, 1.807) is 19.1 Å². The topological polar surface area (TPSA) is 94.0 Å². The first-order valence-electron chi connectivity index (χ1n) is 8.53. The van der Waals surface area contributed by atoms with Crippen LogP contribution in [-0.2, 0) is 11.2 Å². The van der Waals surface area contributed by atoms with Crippen molar-refractivity contribution in [2.24, 2.45) is 5.73 Å². The van der Waals surface area contributed by atoms with Crippen molar-refractivity contribution in [3.8, 4) is 11.4 Å². The highest BCUT2D eigenvalue weighted by Crippen LogP contribution is 2.19. The number of halogens is 1. The van der Waals surface area contributed by atoms with Crippen LogP contribution in [0.5, 0.6) is 0 Å². The van der Waals surface area contributed by atoms with Gasteiger partial charge in [-0.2, -0.15) is 4.98 Å². The summed E-state index contributed by atoms with van der Waals surface area (Å²) in [6.07, 6.45) is 2.10.